The number of hydrogen-bond acceptors (Lipinski definition) is 4. The number of rotatable bonds is 4. The number of halogens is 2. The first-order chi connectivity index (χ1) is 19.1. The molecule has 0 aliphatic carbocycles. The molecule has 0 radical (unpaired) electrons. The largest absolute Gasteiger partial charge is 0.454 e. The molecular formula is C33H19Cl2N3O. The lowest BCUT2D eigenvalue weighted by Gasteiger charge is -2.09. The van der Waals surface area contributed by atoms with Crippen molar-refractivity contribution in [2.24, 2.45) is 0 Å². The first kappa shape index (κ1) is 23.6. The maximum atomic E-state index is 6.41. The van der Waals surface area contributed by atoms with E-state index in [9.17, 15) is 0 Å². The molecule has 186 valence electrons. The fourth-order valence-electron chi connectivity index (χ4n) is 4.74. The van der Waals surface area contributed by atoms with Crippen LogP contribution in [0, 0.1) is 0 Å². The van der Waals surface area contributed by atoms with Crippen LogP contribution in [0.15, 0.2) is 120 Å². The first-order valence-corrected chi connectivity index (χ1v) is 13.2. The predicted molar refractivity (Wildman–Crippen MR) is 159 cm³/mol. The van der Waals surface area contributed by atoms with Gasteiger partial charge < -0.3 is 4.42 Å². The third-order valence-electron chi connectivity index (χ3n) is 6.67. The van der Waals surface area contributed by atoms with Crippen LogP contribution >= 0.6 is 23.2 Å². The van der Waals surface area contributed by atoms with Crippen LogP contribution < -0.4 is 0 Å². The van der Waals surface area contributed by atoms with E-state index in [0.717, 1.165) is 38.6 Å². The van der Waals surface area contributed by atoms with Crippen molar-refractivity contribution in [2.45, 2.75) is 0 Å². The molecule has 0 spiro atoms. The van der Waals surface area contributed by atoms with Gasteiger partial charge in [-0.2, -0.15) is 0 Å². The molecule has 0 fully saturated rings. The summed E-state index contributed by atoms with van der Waals surface area (Å²) in [6, 6.07) is 37.9. The van der Waals surface area contributed by atoms with Crippen LogP contribution in [0.2, 0.25) is 10.0 Å². The summed E-state index contributed by atoms with van der Waals surface area (Å²) in [6.45, 7) is 0. The van der Waals surface area contributed by atoms with Gasteiger partial charge in [-0.05, 0) is 41.5 Å². The van der Waals surface area contributed by atoms with Crippen molar-refractivity contribution in [2.75, 3.05) is 0 Å². The van der Waals surface area contributed by atoms with Crippen molar-refractivity contribution < 1.29 is 4.42 Å². The molecule has 4 nitrogen and oxygen atoms in total. The van der Waals surface area contributed by atoms with E-state index in [1.807, 2.05) is 84.9 Å². The summed E-state index contributed by atoms with van der Waals surface area (Å²) in [6.07, 6.45) is 0. The highest BCUT2D eigenvalue weighted by Crippen LogP contribution is 2.37. The van der Waals surface area contributed by atoms with Gasteiger partial charge in [-0.15, -0.1) is 0 Å². The summed E-state index contributed by atoms with van der Waals surface area (Å²) in [5.41, 5.74) is 6.27. The molecule has 0 aliphatic heterocycles. The van der Waals surface area contributed by atoms with Crippen LogP contribution in [0.3, 0.4) is 0 Å². The van der Waals surface area contributed by atoms with Crippen molar-refractivity contribution in [3.63, 3.8) is 0 Å². The standard InChI is InChI=1S/C33H19Cl2N3O/c34-25-18-27-26-17-24(15-16-29(26)39-30(27)28(35)19-25)33-37-31(22-9-5-2-6-10-22)36-32(38-33)23-13-11-21(12-14-23)20-7-3-1-4-8-20/h1-19H. The molecule has 0 bridgehead atoms. The topological polar surface area (TPSA) is 51.8 Å². The second-order valence-corrected chi connectivity index (χ2v) is 10.0. The van der Waals surface area contributed by atoms with Gasteiger partial charge in [-0.25, -0.2) is 15.0 Å². The van der Waals surface area contributed by atoms with E-state index in [4.69, 9.17) is 42.6 Å². The Morgan fingerprint density at radius 1 is 0.462 bits per heavy atom. The zero-order chi connectivity index (χ0) is 26.3. The molecule has 7 aromatic rings. The lowest BCUT2D eigenvalue weighted by Crippen LogP contribution is -2.00. The average Bonchev–Trinajstić information content (AvgIpc) is 3.36. The highest BCUT2D eigenvalue weighted by molar-refractivity contribution is 6.39. The summed E-state index contributed by atoms with van der Waals surface area (Å²) in [4.78, 5) is 14.6. The Kier molecular flexibility index (Phi) is 5.85. The van der Waals surface area contributed by atoms with E-state index >= 15 is 0 Å². The van der Waals surface area contributed by atoms with E-state index in [2.05, 4.69) is 24.3 Å². The fourth-order valence-corrected chi connectivity index (χ4v) is 5.27. The number of furan rings is 1. The second kappa shape index (κ2) is 9.66. The van der Waals surface area contributed by atoms with Gasteiger partial charge in [-0.1, -0.05) is 108 Å². The lowest BCUT2D eigenvalue weighted by molar-refractivity contribution is 0.669. The van der Waals surface area contributed by atoms with Crippen molar-refractivity contribution in [1.82, 2.24) is 15.0 Å². The smallest absolute Gasteiger partial charge is 0.164 e. The molecule has 7 rings (SSSR count). The minimum atomic E-state index is 0.475. The summed E-state index contributed by atoms with van der Waals surface area (Å²) in [5.74, 6) is 1.77. The Morgan fingerprint density at radius 2 is 0.974 bits per heavy atom. The molecule has 6 heteroatoms. The molecule has 0 unspecified atom stereocenters. The number of hydrogen-bond donors (Lipinski definition) is 0. The maximum Gasteiger partial charge on any atom is 0.164 e. The SMILES string of the molecule is Clc1cc(Cl)c2oc3ccc(-c4nc(-c5ccccc5)nc(-c5ccc(-c6ccccc6)cc5)n4)cc3c2c1. The van der Waals surface area contributed by atoms with E-state index in [1.54, 1.807) is 6.07 Å². The molecule has 0 saturated heterocycles. The normalized spacial score (nSPS) is 11.3. The van der Waals surface area contributed by atoms with Crippen LogP contribution in [0.1, 0.15) is 0 Å². The molecule has 0 aliphatic rings. The van der Waals surface area contributed by atoms with Crippen LogP contribution in [0.5, 0.6) is 0 Å². The zero-order valence-electron chi connectivity index (χ0n) is 20.5. The summed E-state index contributed by atoms with van der Waals surface area (Å²) in [7, 11) is 0. The fraction of sp³-hybridized carbons (Fsp3) is 0. The summed E-state index contributed by atoms with van der Waals surface area (Å²) in [5, 5.41) is 2.76. The molecule has 2 aromatic heterocycles. The van der Waals surface area contributed by atoms with Gasteiger partial charge in [0.2, 0.25) is 0 Å². The van der Waals surface area contributed by atoms with Crippen LogP contribution in [0.25, 0.3) is 67.2 Å². The predicted octanol–water partition coefficient (Wildman–Crippen LogP) is 9.75. The first-order valence-electron chi connectivity index (χ1n) is 12.4. The monoisotopic (exact) mass is 543 g/mol. The number of nitrogens with zero attached hydrogens (tertiary/aromatic N) is 3. The van der Waals surface area contributed by atoms with E-state index < -0.39 is 0 Å². The van der Waals surface area contributed by atoms with Gasteiger partial charge >= 0.3 is 0 Å². The van der Waals surface area contributed by atoms with Gasteiger partial charge in [0.25, 0.3) is 0 Å². The Balaban J connectivity index is 1.38. The van der Waals surface area contributed by atoms with Crippen LogP contribution in [-0.2, 0) is 0 Å². The van der Waals surface area contributed by atoms with Crippen LogP contribution in [-0.4, -0.2) is 15.0 Å². The number of aromatic nitrogens is 3. The molecular weight excluding hydrogens is 525 g/mol. The molecule has 5 aromatic carbocycles. The molecule has 0 saturated carbocycles. The quantitative estimate of drug-likeness (QED) is 0.221. The minimum Gasteiger partial charge on any atom is -0.454 e. The minimum absolute atomic E-state index is 0.475. The lowest BCUT2D eigenvalue weighted by atomic mass is 10.0. The van der Waals surface area contributed by atoms with Crippen LogP contribution in [0.4, 0.5) is 0 Å². The van der Waals surface area contributed by atoms with E-state index in [1.165, 1.54) is 0 Å². The van der Waals surface area contributed by atoms with Gasteiger partial charge in [0.05, 0.1) is 5.02 Å². The third kappa shape index (κ3) is 4.44. The van der Waals surface area contributed by atoms with Gasteiger partial charge in [-0.3, -0.25) is 0 Å². The Morgan fingerprint density at radius 3 is 1.64 bits per heavy atom. The van der Waals surface area contributed by atoms with E-state index in [0.29, 0.717) is 38.7 Å². The summed E-state index contributed by atoms with van der Waals surface area (Å²) < 4.78 is 6.02. The van der Waals surface area contributed by atoms with Gasteiger partial charge in [0, 0.05) is 32.5 Å². The van der Waals surface area contributed by atoms with Gasteiger partial charge in [0.1, 0.15) is 5.58 Å². The highest BCUT2D eigenvalue weighted by Gasteiger charge is 2.16. The Bertz CT molecular complexity index is 1970. The highest BCUT2D eigenvalue weighted by atomic mass is 35.5. The molecule has 0 atom stereocenters. The molecule has 0 amide bonds. The zero-order valence-corrected chi connectivity index (χ0v) is 22.0. The Labute approximate surface area is 234 Å². The van der Waals surface area contributed by atoms with E-state index in [-0.39, 0.29) is 0 Å². The Hall–Kier alpha value is -4.51. The molecule has 0 N–H and O–H groups in total. The molecule has 2 heterocycles. The number of fused-ring (bicyclic) bond motifs is 3. The van der Waals surface area contributed by atoms with Crippen molar-refractivity contribution in [3.05, 3.63) is 125 Å². The van der Waals surface area contributed by atoms with Crippen molar-refractivity contribution >= 4 is 45.1 Å². The third-order valence-corrected chi connectivity index (χ3v) is 7.16. The van der Waals surface area contributed by atoms with Crippen molar-refractivity contribution in [1.29, 1.82) is 0 Å². The maximum absolute atomic E-state index is 6.41. The summed E-state index contributed by atoms with van der Waals surface area (Å²) >= 11 is 12.7. The average molecular weight is 544 g/mol. The second-order valence-electron chi connectivity index (χ2n) is 9.19. The van der Waals surface area contributed by atoms with Gasteiger partial charge in [0.15, 0.2) is 23.1 Å². The van der Waals surface area contributed by atoms with Crippen molar-refractivity contribution in [3.8, 4) is 45.3 Å². The molecule has 39 heavy (non-hydrogen) atoms. The number of benzene rings is 5.